The number of carbonyl (C=O) groups excluding carboxylic acids is 1. The first kappa shape index (κ1) is 15.0. The van der Waals surface area contributed by atoms with Crippen molar-refractivity contribution in [2.45, 2.75) is 20.4 Å². The third-order valence-electron chi connectivity index (χ3n) is 3.68. The Morgan fingerprint density at radius 2 is 1.83 bits per heavy atom. The number of rotatable bonds is 4. The van der Waals surface area contributed by atoms with Crippen LogP contribution in [0, 0.1) is 6.92 Å². The van der Waals surface area contributed by atoms with Gasteiger partial charge in [-0.05, 0) is 37.1 Å². The third-order valence-corrected chi connectivity index (χ3v) is 3.68. The number of nitrogens with one attached hydrogen (secondary N) is 1. The predicted molar refractivity (Wildman–Crippen MR) is 92.5 cm³/mol. The highest BCUT2D eigenvalue weighted by molar-refractivity contribution is 6.04. The largest absolute Gasteiger partial charge is 0.305 e. The van der Waals surface area contributed by atoms with Gasteiger partial charge in [0, 0.05) is 24.4 Å². The standard InChI is InChI=1S/C19H19N3O/c1-3-22-11-10-18(21-22)20-19(23)17-9-5-8-16(13-17)15-7-4-6-14(2)12-15/h4-13H,3H2,1-2H3,(H,20,21,23). The monoisotopic (exact) mass is 305 g/mol. The molecular formula is C19H19N3O. The second kappa shape index (κ2) is 6.48. The van der Waals surface area contributed by atoms with Crippen LogP contribution in [-0.4, -0.2) is 15.7 Å². The summed E-state index contributed by atoms with van der Waals surface area (Å²) in [6.07, 6.45) is 1.85. The number of benzene rings is 2. The van der Waals surface area contributed by atoms with Gasteiger partial charge in [-0.2, -0.15) is 5.10 Å². The van der Waals surface area contributed by atoms with Gasteiger partial charge in [0.15, 0.2) is 5.82 Å². The summed E-state index contributed by atoms with van der Waals surface area (Å²) < 4.78 is 1.78. The van der Waals surface area contributed by atoms with Gasteiger partial charge in [0.2, 0.25) is 0 Å². The fourth-order valence-electron chi connectivity index (χ4n) is 2.46. The smallest absolute Gasteiger partial charge is 0.256 e. The summed E-state index contributed by atoms with van der Waals surface area (Å²) in [5, 5.41) is 7.10. The van der Waals surface area contributed by atoms with Crippen molar-refractivity contribution in [3.8, 4) is 11.1 Å². The molecule has 0 aliphatic rings. The van der Waals surface area contributed by atoms with Crippen molar-refractivity contribution >= 4 is 11.7 Å². The molecule has 4 heteroatoms. The summed E-state index contributed by atoms with van der Waals surface area (Å²) in [6, 6.07) is 17.7. The Labute approximate surface area is 135 Å². The van der Waals surface area contributed by atoms with Gasteiger partial charge in [-0.25, -0.2) is 0 Å². The number of anilines is 1. The van der Waals surface area contributed by atoms with E-state index in [1.165, 1.54) is 5.56 Å². The van der Waals surface area contributed by atoms with E-state index in [0.29, 0.717) is 11.4 Å². The van der Waals surface area contributed by atoms with E-state index < -0.39 is 0 Å². The number of nitrogens with zero attached hydrogens (tertiary/aromatic N) is 2. The Morgan fingerprint density at radius 1 is 1.09 bits per heavy atom. The zero-order chi connectivity index (χ0) is 16.2. The Kier molecular flexibility index (Phi) is 4.24. The maximum Gasteiger partial charge on any atom is 0.256 e. The van der Waals surface area contributed by atoms with Crippen LogP contribution in [0.15, 0.2) is 60.8 Å². The van der Waals surface area contributed by atoms with Gasteiger partial charge in [0.1, 0.15) is 0 Å². The second-order valence-corrected chi connectivity index (χ2v) is 5.46. The molecule has 0 fully saturated rings. The van der Waals surface area contributed by atoms with E-state index in [2.05, 4.69) is 29.5 Å². The molecule has 116 valence electrons. The van der Waals surface area contributed by atoms with Crippen LogP contribution in [0.1, 0.15) is 22.8 Å². The number of aromatic nitrogens is 2. The molecule has 0 aliphatic carbocycles. The minimum Gasteiger partial charge on any atom is -0.305 e. The Bertz CT molecular complexity index is 836. The molecule has 3 rings (SSSR count). The molecule has 2 aromatic carbocycles. The van der Waals surface area contributed by atoms with Crippen LogP contribution in [-0.2, 0) is 6.54 Å². The van der Waals surface area contributed by atoms with Crippen LogP contribution < -0.4 is 5.32 Å². The maximum absolute atomic E-state index is 12.4. The highest BCUT2D eigenvalue weighted by Gasteiger charge is 2.09. The second-order valence-electron chi connectivity index (χ2n) is 5.46. The van der Waals surface area contributed by atoms with Crippen molar-refractivity contribution in [3.05, 3.63) is 71.9 Å². The molecule has 0 atom stereocenters. The lowest BCUT2D eigenvalue weighted by Gasteiger charge is -2.06. The van der Waals surface area contributed by atoms with Gasteiger partial charge >= 0.3 is 0 Å². The van der Waals surface area contributed by atoms with Gasteiger partial charge in [-0.1, -0.05) is 42.0 Å². The third kappa shape index (κ3) is 3.48. The first-order valence-electron chi connectivity index (χ1n) is 7.67. The van der Waals surface area contributed by atoms with Gasteiger partial charge in [0.25, 0.3) is 5.91 Å². The molecule has 0 unspecified atom stereocenters. The van der Waals surface area contributed by atoms with E-state index in [4.69, 9.17) is 0 Å². The van der Waals surface area contributed by atoms with Crippen molar-refractivity contribution in [2.75, 3.05) is 5.32 Å². The lowest BCUT2D eigenvalue weighted by atomic mass is 10.0. The van der Waals surface area contributed by atoms with E-state index in [-0.39, 0.29) is 5.91 Å². The van der Waals surface area contributed by atoms with Crippen LogP contribution in [0.2, 0.25) is 0 Å². The number of aryl methyl sites for hydroxylation is 2. The molecule has 1 heterocycles. The number of hydrogen-bond donors (Lipinski definition) is 1. The first-order valence-corrected chi connectivity index (χ1v) is 7.67. The van der Waals surface area contributed by atoms with Crippen LogP contribution in [0.25, 0.3) is 11.1 Å². The predicted octanol–water partition coefficient (Wildman–Crippen LogP) is 4.13. The normalized spacial score (nSPS) is 10.5. The Balaban J connectivity index is 1.82. The van der Waals surface area contributed by atoms with Gasteiger partial charge in [-0.15, -0.1) is 0 Å². The number of hydrogen-bond acceptors (Lipinski definition) is 2. The molecule has 0 bridgehead atoms. The SMILES string of the molecule is CCn1ccc(NC(=O)c2cccc(-c3cccc(C)c3)c2)n1. The lowest BCUT2D eigenvalue weighted by Crippen LogP contribution is -2.12. The molecule has 23 heavy (non-hydrogen) atoms. The van der Waals surface area contributed by atoms with E-state index >= 15 is 0 Å². The minimum atomic E-state index is -0.152. The molecule has 3 aromatic rings. The summed E-state index contributed by atoms with van der Waals surface area (Å²) in [4.78, 5) is 12.4. The van der Waals surface area contributed by atoms with Gasteiger partial charge in [-0.3, -0.25) is 9.48 Å². The number of carbonyl (C=O) groups is 1. The maximum atomic E-state index is 12.4. The molecule has 1 aromatic heterocycles. The zero-order valence-corrected chi connectivity index (χ0v) is 13.3. The van der Waals surface area contributed by atoms with Crippen molar-refractivity contribution in [1.82, 2.24) is 9.78 Å². The van der Waals surface area contributed by atoms with Crippen LogP contribution in [0.4, 0.5) is 5.82 Å². The highest BCUT2D eigenvalue weighted by atomic mass is 16.1. The molecule has 4 nitrogen and oxygen atoms in total. The Hall–Kier alpha value is -2.88. The van der Waals surface area contributed by atoms with Crippen LogP contribution in [0.3, 0.4) is 0 Å². The van der Waals surface area contributed by atoms with Crippen LogP contribution in [0.5, 0.6) is 0 Å². The summed E-state index contributed by atoms with van der Waals surface area (Å²) in [5.41, 5.74) is 3.95. The van der Waals surface area contributed by atoms with Crippen molar-refractivity contribution < 1.29 is 4.79 Å². The van der Waals surface area contributed by atoms with Crippen LogP contribution >= 0.6 is 0 Å². The van der Waals surface area contributed by atoms with E-state index in [9.17, 15) is 4.79 Å². The molecule has 0 saturated heterocycles. The summed E-state index contributed by atoms with van der Waals surface area (Å²) >= 11 is 0. The number of amides is 1. The van der Waals surface area contributed by atoms with Gasteiger partial charge < -0.3 is 5.32 Å². The topological polar surface area (TPSA) is 46.9 Å². The van der Waals surface area contributed by atoms with E-state index in [0.717, 1.165) is 17.7 Å². The molecule has 0 saturated carbocycles. The van der Waals surface area contributed by atoms with E-state index in [1.807, 2.05) is 49.5 Å². The minimum absolute atomic E-state index is 0.152. The van der Waals surface area contributed by atoms with Gasteiger partial charge in [0.05, 0.1) is 0 Å². The summed E-state index contributed by atoms with van der Waals surface area (Å²) in [5.74, 6) is 0.415. The fourth-order valence-corrected chi connectivity index (χ4v) is 2.46. The van der Waals surface area contributed by atoms with Crippen molar-refractivity contribution in [3.63, 3.8) is 0 Å². The quantitative estimate of drug-likeness (QED) is 0.787. The van der Waals surface area contributed by atoms with Crippen molar-refractivity contribution in [1.29, 1.82) is 0 Å². The molecule has 1 amide bonds. The zero-order valence-electron chi connectivity index (χ0n) is 13.3. The fraction of sp³-hybridized carbons (Fsp3) is 0.158. The molecule has 0 radical (unpaired) electrons. The molecule has 1 N–H and O–H groups in total. The molecular weight excluding hydrogens is 286 g/mol. The first-order chi connectivity index (χ1) is 11.2. The highest BCUT2D eigenvalue weighted by Crippen LogP contribution is 2.21. The average molecular weight is 305 g/mol. The Morgan fingerprint density at radius 3 is 2.52 bits per heavy atom. The summed E-state index contributed by atoms with van der Waals surface area (Å²) in [6.45, 7) is 4.84. The lowest BCUT2D eigenvalue weighted by molar-refractivity contribution is 0.102. The molecule has 0 spiro atoms. The van der Waals surface area contributed by atoms with E-state index in [1.54, 1.807) is 10.7 Å². The average Bonchev–Trinajstić information content (AvgIpc) is 3.02. The molecule has 0 aliphatic heterocycles. The van der Waals surface area contributed by atoms with Crippen molar-refractivity contribution in [2.24, 2.45) is 0 Å². The summed E-state index contributed by atoms with van der Waals surface area (Å²) in [7, 11) is 0.